The van der Waals surface area contributed by atoms with E-state index < -0.39 is 0 Å². The van der Waals surface area contributed by atoms with Crippen molar-refractivity contribution in [2.75, 3.05) is 49.2 Å². The van der Waals surface area contributed by atoms with E-state index in [2.05, 4.69) is 4.90 Å². The topological polar surface area (TPSA) is 53.1 Å². The van der Waals surface area contributed by atoms with E-state index in [1.807, 2.05) is 17.0 Å². The average Bonchev–Trinajstić information content (AvgIpc) is 3.21. The molecule has 1 atom stereocenters. The molecule has 6 nitrogen and oxygen atoms in total. The Hall–Kier alpha value is -2.15. The van der Waals surface area contributed by atoms with Crippen molar-refractivity contribution < 1.29 is 18.7 Å². The average molecular weight is 418 g/mol. The number of piperidine rings is 1. The Labute approximate surface area is 177 Å². The molecule has 3 saturated heterocycles. The van der Waals surface area contributed by atoms with E-state index in [4.69, 9.17) is 4.74 Å². The highest BCUT2D eigenvalue weighted by molar-refractivity contribution is 5.95. The summed E-state index contributed by atoms with van der Waals surface area (Å²) in [6.45, 7) is 4.52. The molecule has 3 heterocycles. The molecular weight excluding hydrogens is 385 g/mol. The van der Waals surface area contributed by atoms with Gasteiger partial charge in [0.25, 0.3) is 0 Å². The summed E-state index contributed by atoms with van der Waals surface area (Å²) in [5.74, 6) is 0.259. The van der Waals surface area contributed by atoms with Gasteiger partial charge in [0.05, 0.1) is 5.69 Å². The van der Waals surface area contributed by atoms with Gasteiger partial charge in [0.1, 0.15) is 5.82 Å². The van der Waals surface area contributed by atoms with Crippen LogP contribution in [0.3, 0.4) is 0 Å². The number of hydrogen-bond donors (Lipinski definition) is 0. The second kappa shape index (κ2) is 9.77. The van der Waals surface area contributed by atoms with Gasteiger partial charge in [-0.25, -0.2) is 4.39 Å². The molecule has 0 spiro atoms. The summed E-state index contributed by atoms with van der Waals surface area (Å²) in [6, 6.07) is 5.47. The first-order valence-electron chi connectivity index (χ1n) is 11.3. The number of nitrogens with zero attached hydrogens (tertiary/aromatic N) is 3. The lowest BCUT2D eigenvalue weighted by atomic mass is 9.93. The van der Waals surface area contributed by atoms with Crippen molar-refractivity contribution in [1.29, 1.82) is 0 Å². The summed E-state index contributed by atoms with van der Waals surface area (Å²) in [6.07, 6.45) is 7.25. The molecule has 0 N–H and O–H groups in total. The van der Waals surface area contributed by atoms with Crippen LogP contribution in [0.1, 0.15) is 44.9 Å². The van der Waals surface area contributed by atoms with Gasteiger partial charge in [-0.3, -0.25) is 9.59 Å². The lowest BCUT2D eigenvalue weighted by Crippen LogP contribution is -2.41. The van der Waals surface area contributed by atoms with Crippen LogP contribution in [0.2, 0.25) is 0 Å². The smallest absolute Gasteiger partial charge is 0.227 e. The van der Waals surface area contributed by atoms with Crippen molar-refractivity contribution >= 4 is 23.7 Å². The maximum atomic E-state index is 14.9. The number of benzene rings is 1. The Morgan fingerprint density at radius 1 is 1.17 bits per heavy atom. The molecule has 3 fully saturated rings. The molecule has 0 saturated carbocycles. The zero-order valence-corrected chi connectivity index (χ0v) is 17.6. The highest BCUT2D eigenvalue weighted by atomic mass is 19.1. The first kappa shape index (κ1) is 21.1. The summed E-state index contributed by atoms with van der Waals surface area (Å²) in [7, 11) is 0. The molecule has 30 heavy (non-hydrogen) atoms. The minimum absolute atomic E-state index is 0.0736. The Bertz CT molecular complexity index is 753. The third-order valence-corrected chi connectivity index (χ3v) is 6.77. The Kier molecular flexibility index (Phi) is 6.87. The fourth-order valence-corrected chi connectivity index (χ4v) is 5.03. The van der Waals surface area contributed by atoms with Crippen LogP contribution in [0.25, 0.3) is 0 Å². The number of halogens is 1. The van der Waals surface area contributed by atoms with E-state index in [-0.39, 0.29) is 17.8 Å². The van der Waals surface area contributed by atoms with Crippen molar-refractivity contribution in [2.24, 2.45) is 5.92 Å². The molecule has 0 bridgehead atoms. The van der Waals surface area contributed by atoms with Crippen LogP contribution in [-0.4, -0.2) is 62.7 Å². The van der Waals surface area contributed by atoms with E-state index in [1.165, 1.54) is 6.07 Å². The molecule has 7 heteroatoms. The summed E-state index contributed by atoms with van der Waals surface area (Å²) in [4.78, 5) is 29.2. The van der Waals surface area contributed by atoms with Gasteiger partial charge in [-0.2, -0.15) is 0 Å². The highest BCUT2D eigenvalue weighted by Crippen LogP contribution is 2.31. The van der Waals surface area contributed by atoms with Crippen LogP contribution < -0.4 is 9.80 Å². The number of anilines is 2. The number of carbonyl (C=O) groups is 2. The quantitative estimate of drug-likeness (QED) is 0.640. The lowest BCUT2D eigenvalue weighted by Gasteiger charge is -2.37. The van der Waals surface area contributed by atoms with Crippen LogP contribution in [0.5, 0.6) is 0 Å². The van der Waals surface area contributed by atoms with Gasteiger partial charge in [-0.05, 0) is 62.6 Å². The zero-order chi connectivity index (χ0) is 20.9. The van der Waals surface area contributed by atoms with E-state index >= 15 is 0 Å². The molecular formula is C23H32FN3O3. The molecule has 2 amide bonds. The SMILES string of the molecule is O=CN(CCC1CCCN(c2ccc(N3CCCC3=O)cc2F)C1)C1CCOCC1. The van der Waals surface area contributed by atoms with Gasteiger partial charge in [-0.1, -0.05) is 0 Å². The predicted octanol–water partition coefficient (Wildman–Crippen LogP) is 3.20. The van der Waals surface area contributed by atoms with Crippen molar-refractivity contribution in [1.82, 2.24) is 4.90 Å². The maximum Gasteiger partial charge on any atom is 0.227 e. The van der Waals surface area contributed by atoms with E-state index in [0.29, 0.717) is 30.3 Å². The number of ether oxygens (including phenoxy) is 1. The minimum atomic E-state index is -0.260. The Morgan fingerprint density at radius 2 is 2.00 bits per heavy atom. The fourth-order valence-electron chi connectivity index (χ4n) is 5.03. The highest BCUT2D eigenvalue weighted by Gasteiger charge is 2.26. The molecule has 1 aromatic carbocycles. The lowest BCUT2D eigenvalue weighted by molar-refractivity contribution is -0.122. The number of rotatable bonds is 7. The molecule has 3 aliphatic heterocycles. The van der Waals surface area contributed by atoms with Gasteiger partial charge in [0, 0.05) is 57.5 Å². The molecule has 1 aromatic rings. The normalized spacial score (nSPS) is 23.1. The third-order valence-electron chi connectivity index (χ3n) is 6.77. The predicted molar refractivity (Wildman–Crippen MR) is 114 cm³/mol. The summed E-state index contributed by atoms with van der Waals surface area (Å²) >= 11 is 0. The first-order valence-corrected chi connectivity index (χ1v) is 11.3. The van der Waals surface area contributed by atoms with Gasteiger partial charge in [0.2, 0.25) is 12.3 Å². The molecule has 0 aromatic heterocycles. The largest absolute Gasteiger partial charge is 0.381 e. The first-order chi connectivity index (χ1) is 14.7. The molecule has 164 valence electrons. The third kappa shape index (κ3) is 4.77. The van der Waals surface area contributed by atoms with E-state index in [1.54, 1.807) is 4.90 Å². The molecule has 4 rings (SSSR count). The van der Waals surface area contributed by atoms with Gasteiger partial charge in [0.15, 0.2) is 0 Å². The van der Waals surface area contributed by atoms with Crippen molar-refractivity contribution in [3.8, 4) is 0 Å². The summed E-state index contributed by atoms with van der Waals surface area (Å²) in [5.41, 5.74) is 1.28. The molecule has 3 aliphatic rings. The minimum Gasteiger partial charge on any atom is -0.381 e. The van der Waals surface area contributed by atoms with Gasteiger partial charge >= 0.3 is 0 Å². The summed E-state index contributed by atoms with van der Waals surface area (Å²) in [5, 5.41) is 0. The van der Waals surface area contributed by atoms with Gasteiger partial charge < -0.3 is 19.4 Å². The maximum absolute atomic E-state index is 14.9. The molecule has 1 unspecified atom stereocenters. The Balaban J connectivity index is 1.35. The second-order valence-electron chi connectivity index (χ2n) is 8.71. The van der Waals surface area contributed by atoms with Crippen molar-refractivity contribution in [3.05, 3.63) is 24.0 Å². The second-order valence-corrected chi connectivity index (χ2v) is 8.71. The number of carbonyl (C=O) groups excluding carboxylic acids is 2. The Morgan fingerprint density at radius 3 is 2.70 bits per heavy atom. The molecule has 0 aliphatic carbocycles. The van der Waals surface area contributed by atoms with E-state index in [0.717, 1.165) is 77.8 Å². The van der Waals surface area contributed by atoms with Crippen LogP contribution >= 0.6 is 0 Å². The van der Waals surface area contributed by atoms with Crippen molar-refractivity contribution in [2.45, 2.75) is 51.0 Å². The van der Waals surface area contributed by atoms with Crippen LogP contribution in [0.15, 0.2) is 18.2 Å². The van der Waals surface area contributed by atoms with Crippen molar-refractivity contribution in [3.63, 3.8) is 0 Å². The van der Waals surface area contributed by atoms with E-state index in [9.17, 15) is 14.0 Å². The van der Waals surface area contributed by atoms with Crippen LogP contribution in [0.4, 0.5) is 15.8 Å². The monoisotopic (exact) mass is 417 g/mol. The van der Waals surface area contributed by atoms with Crippen LogP contribution in [0, 0.1) is 11.7 Å². The summed E-state index contributed by atoms with van der Waals surface area (Å²) < 4.78 is 20.3. The standard InChI is InChI=1S/C23H32FN3O3/c24-21-15-20(27-11-2-4-23(27)29)5-6-22(21)25-10-1-3-18(16-25)7-12-26(17-28)19-8-13-30-14-9-19/h5-6,15,17-19H,1-4,7-14,16H2. The van der Waals surface area contributed by atoms with Crippen LogP contribution in [-0.2, 0) is 14.3 Å². The fraction of sp³-hybridized carbons (Fsp3) is 0.652. The zero-order valence-electron chi connectivity index (χ0n) is 17.6. The number of hydrogen-bond acceptors (Lipinski definition) is 4. The van der Waals surface area contributed by atoms with Gasteiger partial charge in [-0.15, -0.1) is 0 Å². The number of amides is 2. The molecule has 0 radical (unpaired) electrons.